The van der Waals surface area contributed by atoms with Gasteiger partial charge < -0.3 is 4.90 Å². The molecule has 0 aromatic carbocycles. The van der Waals surface area contributed by atoms with E-state index in [1.807, 2.05) is 6.92 Å². The first-order valence-corrected chi connectivity index (χ1v) is 8.60. The lowest BCUT2D eigenvalue weighted by molar-refractivity contribution is -0.135. The van der Waals surface area contributed by atoms with E-state index in [9.17, 15) is 4.79 Å². The number of carbonyl (C=O) groups excluding carboxylic acids is 1. The first kappa shape index (κ1) is 15.5. The number of hydrogen-bond acceptors (Lipinski definition) is 3. The third-order valence-corrected chi connectivity index (χ3v) is 5.16. The van der Waals surface area contributed by atoms with E-state index in [4.69, 9.17) is 0 Å². The van der Waals surface area contributed by atoms with E-state index < -0.39 is 5.54 Å². The number of carbonyl (C=O) groups is 1. The molecule has 2 rings (SSSR count). The van der Waals surface area contributed by atoms with Crippen molar-refractivity contribution in [3.63, 3.8) is 0 Å². The van der Waals surface area contributed by atoms with Gasteiger partial charge in [-0.2, -0.15) is 11.3 Å². The molecule has 112 valence electrons. The fraction of sp³-hybridized carbons (Fsp3) is 0.688. The Hall–Kier alpha value is -0.870. The van der Waals surface area contributed by atoms with Crippen LogP contribution in [-0.4, -0.2) is 22.4 Å². The Morgan fingerprint density at radius 3 is 2.80 bits per heavy atom. The zero-order chi connectivity index (χ0) is 14.8. The minimum absolute atomic E-state index is 0.0329. The van der Waals surface area contributed by atoms with Gasteiger partial charge in [0, 0.05) is 6.04 Å². The Kier molecular flexibility index (Phi) is 4.86. The van der Waals surface area contributed by atoms with Gasteiger partial charge in [0.15, 0.2) is 0 Å². The number of rotatable bonds is 6. The molecule has 20 heavy (non-hydrogen) atoms. The van der Waals surface area contributed by atoms with Crippen LogP contribution in [0.1, 0.15) is 65.1 Å². The molecule has 0 aliphatic carbocycles. The van der Waals surface area contributed by atoms with Crippen LogP contribution >= 0.6 is 11.3 Å². The minimum Gasteiger partial charge on any atom is -0.319 e. The monoisotopic (exact) mass is 294 g/mol. The molecule has 2 heterocycles. The van der Waals surface area contributed by atoms with Crippen LogP contribution in [0, 0.1) is 0 Å². The van der Waals surface area contributed by atoms with Crippen LogP contribution in [0.25, 0.3) is 0 Å². The van der Waals surface area contributed by atoms with E-state index in [-0.39, 0.29) is 18.1 Å². The minimum atomic E-state index is -0.424. The second-order valence-corrected chi connectivity index (χ2v) is 6.77. The molecule has 1 aliphatic heterocycles. The van der Waals surface area contributed by atoms with Gasteiger partial charge in [-0.3, -0.25) is 10.1 Å². The normalized spacial score (nSPS) is 28.1. The summed E-state index contributed by atoms with van der Waals surface area (Å²) < 4.78 is 0. The number of unbranched alkanes of at least 4 members (excludes halogenated alkanes) is 1. The smallest absolute Gasteiger partial charge is 0.244 e. The largest absolute Gasteiger partial charge is 0.319 e. The predicted molar refractivity (Wildman–Crippen MR) is 84.7 cm³/mol. The van der Waals surface area contributed by atoms with Crippen LogP contribution in [-0.2, 0) is 4.79 Å². The molecule has 1 aliphatic rings. The average Bonchev–Trinajstić information content (AvgIpc) is 3.05. The fourth-order valence-corrected chi connectivity index (χ4v) is 3.54. The van der Waals surface area contributed by atoms with Crippen LogP contribution < -0.4 is 5.32 Å². The van der Waals surface area contributed by atoms with Crippen molar-refractivity contribution in [1.29, 1.82) is 0 Å². The maximum absolute atomic E-state index is 12.8. The highest BCUT2D eigenvalue weighted by Gasteiger charge is 2.48. The summed E-state index contributed by atoms with van der Waals surface area (Å²) in [6.07, 6.45) is 4.27. The molecule has 1 saturated heterocycles. The topological polar surface area (TPSA) is 32.3 Å². The van der Waals surface area contributed by atoms with Crippen LogP contribution in [0.2, 0.25) is 0 Å². The van der Waals surface area contributed by atoms with E-state index in [0.29, 0.717) is 0 Å². The fourth-order valence-electron chi connectivity index (χ4n) is 2.86. The molecule has 0 bridgehead atoms. The third-order valence-electron chi connectivity index (χ3n) is 4.46. The molecular formula is C16H26N2OS. The molecule has 4 heteroatoms. The van der Waals surface area contributed by atoms with Crippen molar-refractivity contribution in [2.24, 2.45) is 0 Å². The maximum Gasteiger partial charge on any atom is 0.244 e. The zero-order valence-corrected chi connectivity index (χ0v) is 13.8. The lowest BCUT2D eigenvalue weighted by atomic mass is 9.98. The highest BCUT2D eigenvalue weighted by Crippen LogP contribution is 2.35. The van der Waals surface area contributed by atoms with Gasteiger partial charge in [0.05, 0.1) is 5.54 Å². The van der Waals surface area contributed by atoms with Gasteiger partial charge >= 0.3 is 0 Å². The number of amides is 1. The third kappa shape index (κ3) is 2.77. The Morgan fingerprint density at radius 2 is 2.25 bits per heavy atom. The maximum atomic E-state index is 12.8. The molecule has 0 saturated carbocycles. The van der Waals surface area contributed by atoms with Crippen molar-refractivity contribution in [3.8, 4) is 0 Å². The summed E-state index contributed by atoms with van der Waals surface area (Å²) in [6.45, 7) is 8.48. The van der Waals surface area contributed by atoms with Gasteiger partial charge in [-0.05, 0) is 49.1 Å². The summed E-state index contributed by atoms with van der Waals surface area (Å²) in [5.74, 6) is 0.250. The molecule has 1 aromatic heterocycles. The average molecular weight is 294 g/mol. The van der Waals surface area contributed by atoms with Crippen LogP contribution in [0.4, 0.5) is 0 Å². The molecular weight excluding hydrogens is 268 g/mol. The molecule has 3 atom stereocenters. The van der Waals surface area contributed by atoms with E-state index in [2.05, 4.69) is 47.8 Å². The Labute approximate surface area is 126 Å². The number of nitrogens with zero attached hydrogens (tertiary/aromatic N) is 1. The summed E-state index contributed by atoms with van der Waals surface area (Å²) in [4.78, 5) is 14.9. The van der Waals surface area contributed by atoms with E-state index in [0.717, 1.165) is 12.8 Å². The van der Waals surface area contributed by atoms with Gasteiger partial charge in [-0.1, -0.05) is 26.7 Å². The van der Waals surface area contributed by atoms with Gasteiger partial charge in [-0.15, -0.1) is 0 Å². The Morgan fingerprint density at radius 1 is 1.50 bits per heavy atom. The zero-order valence-electron chi connectivity index (χ0n) is 13.0. The summed E-state index contributed by atoms with van der Waals surface area (Å²) in [5, 5.41) is 7.79. The summed E-state index contributed by atoms with van der Waals surface area (Å²) in [7, 11) is 0. The highest BCUT2D eigenvalue weighted by molar-refractivity contribution is 7.07. The summed E-state index contributed by atoms with van der Waals surface area (Å²) >= 11 is 1.69. The van der Waals surface area contributed by atoms with Crippen molar-refractivity contribution in [2.45, 2.75) is 71.1 Å². The van der Waals surface area contributed by atoms with Crippen molar-refractivity contribution in [1.82, 2.24) is 10.2 Å². The van der Waals surface area contributed by atoms with E-state index in [1.54, 1.807) is 11.3 Å². The van der Waals surface area contributed by atoms with Gasteiger partial charge in [0.2, 0.25) is 5.91 Å². The standard InChI is InChI=1S/C16H26N2OS/c1-5-7-8-12(3)18-14(13-9-10-20-11-13)17-16(4,6-2)15(18)19/h9-12,14,17H,5-8H2,1-4H3. The quantitative estimate of drug-likeness (QED) is 0.862. The molecule has 0 spiro atoms. The molecule has 3 nitrogen and oxygen atoms in total. The number of thiophene rings is 1. The van der Waals surface area contributed by atoms with Gasteiger partial charge in [0.25, 0.3) is 0 Å². The lowest BCUT2D eigenvalue weighted by Crippen LogP contribution is -2.44. The number of hydrogen-bond donors (Lipinski definition) is 1. The molecule has 0 radical (unpaired) electrons. The first-order valence-electron chi connectivity index (χ1n) is 7.66. The Balaban J connectivity index is 2.26. The molecule has 3 unspecified atom stereocenters. The lowest BCUT2D eigenvalue weighted by Gasteiger charge is -2.30. The van der Waals surface area contributed by atoms with Crippen LogP contribution in [0.15, 0.2) is 16.8 Å². The number of nitrogens with one attached hydrogen (secondary N) is 1. The van der Waals surface area contributed by atoms with E-state index in [1.165, 1.54) is 18.4 Å². The second kappa shape index (κ2) is 6.27. The predicted octanol–water partition coefficient (Wildman–Crippen LogP) is 3.93. The van der Waals surface area contributed by atoms with Gasteiger partial charge in [-0.25, -0.2) is 0 Å². The van der Waals surface area contributed by atoms with Crippen LogP contribution in [0.5, 0.6) is 0 Å². The molecule has 1 N–H and O–H groups in total. The first-order chi connectivity index (χ1) is 9.53. The summed E-state index contributed by atoms with van der Waals surface area (Å²) in [5.41, 5.74) is 0.788. The van der Waals surface area contributed by atoms with Crippen molar-refractivity contribution in [3.05, 3.63) is 22.4 Å². The van der Waals surface area contributed by atoms with Crippen molar-refractivity contribution in [2.75, 3.05) is 0 Å². The van der Waals surface area contributed by atoms with Crippen LogP contribution in [0.3, 0.4) is 0 Å². The van der Waals surface area contributed by atoms with Gasteiger partial charge in [0.1, 0.15) is 6.17 Å². The second-order valence-electron chi connectivity index (χ2n) is 5.99. The molecule has 1 aromatic rings. The van der Waals surface area contributed by atoms with Crippen molar-refractivity contribution >= 4 is 17.2 Å². The molecule has 1 fully saturated rings. The Bertz CT molecular complexity index is 445. The highest BCUT2D eigenvalue weighted by atomic mass is 32.1. The van der Waals surface area contributed by atoms with Crippen molar-refractivity contribution < 1.29 is 4.79 Å². The SMILES string of the molecule is CCCCC(C)N1C(=O)C(C)(CC)NC1c1ccsc1. The summed E-state index contributed by atoms with van der Waals surface area (Å²) in [6, 6.07) is 2.41. The van der Waals surface area contributed by atoms with E-state index >= 15 is 0 Å². The molecule has 1 amide bonds.